The molecule has 0 amide bonds. The Morgan fingerprint density at radius 2 is 1.63 bits per heavy atom. The van der Waals surface area contributed by atoms with Crippen molar-refractivity contribution in [2.45, 2.75) is 13.3 Å². The summed E-state index contributed by atoms with van der Waals surface area (Å²) in [7, 11) is 0. The lowest BCUT2D eigenvalue weighted by Crippen LogP contribution is -1.99. The van der Waals surface area contributed by atoms with E-state index >= 15 is 0 Å². The largest absolute Gasteiger partial charge is 0.207 e. The molecule has 0 spiro atoms. The molecule has 0 atom stereocenters. The molecular weight excluding hydrogens is 280 g/mol. The van der Waals surface area contributed by atoms with Gasteiger partial charge in [-0.2, -0.15) is 0 Å². The number of hydrogen-bond acceptors (Lipinski definition) is 0. The third kappa shape index (κ3) is 2.45. The molecular formula is C14H9ClF4. The van der Waals surface area contributed by atoms with Gasteiger partial charge in [0.15, 0.2) is 0 Å². The molecule has 0 saturated carbocycles. The van der Waals surface area contributed by atoms with E-state index in [1.165, 1.54) is 6.07 Å². The second-order valence-corrected chi connectivity index (χ2v) is 4.40. The highest BCUT2D eigenvalue weighted by Crippen LogP contribution is 2.36. The topological polar surface area (TPSA) is 0 Å². The van der Waals surface area contributed by atoms with E-state index in [4.69, 9.17) is 11.6 Å². The molecule has 0 aliphatic rings. The maximum absolute atomic E-state index is 14.1. The molecule has 0 fully saturated rings. The fourth-order valence-corrected chi connectivity index (χ4v) is 2.17. The van der Waals surface area contributed by atoms with E-state index in [0.29, 0.717) is 12.5 Å². The van der Waals surface area contributed by atoms with Crippen molar-refractivity contribution in [1.29, 1.82) is 0 Å². The molecule has 0 unspecified atom stereocenters. The SMILES string of the molecule is CCc1ccc(F)c(-c2c(F)cc(F)cc2Cl)c1F. The first kappa shape index (κ1) is 13.9. The van der Waals surface area contributed by atoms with Gasteiger partial charge in [0.1, 0.15) is 23.3 Å². The Hall–Kier alpha value is -1.55. The Balaban J connectivity index is 2.79. The quantitative estimate of drug-likeness (QED) is 0.672. The Morgan fingerprint density at radius 3 is 2.21 bits per heavy atom. The summed E-state index contributed by atoms with van der Waals surface area (Å²) in [5.74, 6) is -3.83. The minimum Gasteiger partial charge on any atom is -0.207 e. The summed E-state index contributed by atoms with van der Waals surface area (Å²) < 4.78 is 54.6. The van der Waals surface area contributed by atoms with Crippen molar-refractivity contribution in [3.63, 3.8) is 0 Å². The lowest BCUT2D eigenvalue weighted by molar-refractivity contribution is 0.566. The minimum absolute atomic E-state index is 0.233. The third-order valence-electron chi connectivity index (χ3n) is 2.81. The van der Waals surface area contributed by atoms with Crippen molar-refractivity contribution < 1.29 is 17.6 Å². The first-order valence-corrected chi connectivity index (χ1v) is 5.95. The molecule has 0 aliphatic heterocycles. The van der Waals surface area contributed by atoms with Gasteiger partial charge in [0.05, 0.1) is 10.6 Å². The molecule has 0 radical (unpaired) electrons. The molecule has 2 aromatic carbocycles. The van der Waals surface area contributed by atoms with Crippen LogP contribution in [0.3, 0.4) is 0 Å². The van der Waals surface area contributed by atoms with Crippen LogP contribution in [0, 0.1) is 23.3 Å². The minimum atomic E-state index is -1.10. The first-order chi connectivity index (χ1) is 8.95. The Kier molecular flexibility index (Phi) is 3.80. The van der Waals surface area contributed by atoms with Crippen LogP contribution in [0.2, 0.25) is 5.02 Å². The first-order valence-electron chi connectivity index (χ1n) is 5.57. The van der Waals surface area contributed by atoms with Crippen LogP contribution in [0.25, 0.3) is 11.1 Å². The lowest BCUT2D eigenvalue weighted by atomic mass is 9.99. The van der Waals surface area contributed by atoms with Gasteiger partial charge in [-0.15, -0.1) is 0 Å². The predicted octanol–water partition coefficient (Wildman–Crippen LogP) is 5.13. The van der Waals surface area contributed by atoms with Crippen molar-refractivity contribution in [3.8, 4) is 11.1 Å². The van der Waals surface area contributed by atoms with E-state index in [2.05, 4.69) is 0 Å². The fourth-order valence-electron chi connectivity index (χ4n) is 1.88. The molecule has 100 valence electrons. The molecule has 2 aromatic rings. The summed E-state index contributed by atoms with van der Waals surface area (Å²) in [6, 6.07) is 3.68. The molecule has 0 saturated heterocycles. The van der Waals surface area contributed by atoms with Gasteiger partial charge in [-0.3, -0.25) is 0 Å². The second-order valence-electron chi connectivity index (χ2n) is 3.99. The maximum atomic E-state index is 14.1. The smallest absolute Gasteiger partial charge is 0.137 e. The van der Waals surface area contributed by atoms with Gasteiger partial charge in [-0.05, 0) is 24.1 Å². The zero-order chi connectivity index (χ0) is 14.2. The summed E-state index contributed by atoms with van der Waals surface area (Å²) in [5, 5.41) is -0.372. The third-order valence-corrected chi connectivity index (χ3v) is 3.11. The molecule has 0 bridgehead atoms. The Labute approximate surface area is 112 Å². The van der Waals surface area contributed by atoms with Gasteiger partial charge in [-0.25, -0.2) is 17.6 Å². The number of halogens is 5. The summed E-state index contributed by atoms with van der Waals surface area (Å²) in [6.45, 7) is 1.68. The van der Waals surface area contributed by atoms with Crippen LogP contribution in [0.1, 0.15) is 12.5 Å². The van der Waals surface area contributed by atoms with Crippen LogP contribution in [0.4, 0.5) is 17.6 Å². The number of aryl methyl sites for hydroxylation is 1. The van der Waals surface area contributed by atoms with Crippen LogP contribution in [0.5, 0.6) is 0 Å². The number of benzene rings is 2. The summed E-state index contributed by atoms with van der Waals surface area (Å²) in [5.41, 5.74) is -0.800. The van der Waals surface area contributed by atoms with Gasteiger partial charge in [0.2, 0.25) is 0 Å². The van der Waals surface area contributed by atoms with Crippen molar-refractivity contribution in [3.05, 3.63) is 58.1 Å². The molecule has 0 nitrogen and oxygen atoms in total. The monoisotopic (exact) mass is 288 g/mol. The molecule has 0 N–H and O–H groups in total. The summed E-state index contributed by atoms with van der Waals surface area (Å²) in [4.78, 5) is 0. The molecule has 0 heterocycles. The van der Waals surface area contributed by atoms with E-state index in [1.807, 2.05) is 0 Å². The van der Waals surface area contributed by atoms with Gasteiger partial charge in [0.25, 0.3) is 0 Å². The average Bonchev–Trinajstić information content (AvgIpc) is 2.32. The Bertz CT molecular complexity index is 615. The van der Waals surface area contributed by atoms with Crippen LogP contribution in [-0.4, -0.2) is 0 Å². The number of hydrogen-bond donors (Lipinski definition) is 0. The van der Waals surface area contributed by atoms with E-state index in [9.17, 15) is 17.6 Å². The standard InChI is InChI=1S/C14H9ClF4/c1-2-7-3-4-10(17)13(14(7)19)12-9(15)5-8(16)6-11(12)18/h3-6H,2H2,1H3. The van der Waals surface area contributed by atoms with Gasteiger partial charge < -0.3 is 0 Å². The van der Waals surface area contributed by atoms with Crippen molar-refractivity contribution >= 4 is 11.6 Å². The normalized spacial score (nSPS) is 10.8. The summed E-state index contributed by atoms with van der Waals surface area (Å²) in [6.07, 6.45) is 0.319. The van der Waals surface area contributed by atoms with Crippen LogP contribution >= 0.6 is 11.6 Å². The van der Waals surface area contributed by atoms with Gasteiger partial charge in [-0.1, -0.05) is 24.6 Å². The second kappa shape index (κ2) is 5.21. The predicted molar refractivity (Wildman–Crippen MR) is 66.1 cm³/mol. The fraction of sp³-hybridized carbons (Fsp3) is 0.143. The van der Waals surface area contributed by atoms with Crippen molar-refractivity contribution in [1.82, 2.24) is 0 Å². The Morgan fingerprint density at radius 1 is 0.947 bits per heavy atom. The molecule has 5 heteroatoms. The molecule has 19 heavy (non-hydrogen) atoms. The van der Waals surface area contributed by atoms with E-state index < -0.39 is 34.4 Å². The van der Waals surface area contributed by atoms with Crippen molar-refractivity contribution in [2.24, 2.45) is 0 Å². The van der Waals surface area contributed by atoms with Crippen LogP contribution in [0.15, 0.2) is 24.3 Å². The van der Waals surface area contributed by atoms with Crippen LogP contribution in [-0.2, 0) is 6.42 Å². The van der Waals surface area contributed by atoms with E-state index in [1.54, 1.807) is 6.92 Å². The van der Waals surface area contributed by atoms with Gasteiger partial charge >= 0.3 is 0 Å². The van der Waals surface area contributed by atoms with E-state index in [-0.39, 0.29) is 10.6 Å². The average molecular weight is 289 g/mol. The lowest BCUT2D eigenvalue weighted by Gasteiger charge is -2.11. The highest BCUT2D eigenvalue weighted by atomic mass is 35.5. The van der Waals surface area contributed by atoms with E-state index in [0.717, 1.165) is 12.1 Å². The highest BCUT2D eigenvalue weighted by molar-refractivity contribution is 6.33. The highest BCUT2D eigenvalue weighted by Gasteiger charge is 2.21. The van der Waals surface area contributed by atoms with Gasteiger partial charge in [0, 0.05) is 11.6 Å². The zero-order valence-corrected chi connectivity index (χ0v) is 10.7. The maximum Gasteiger partial charge on any atom is 0.137 e. The van der Waals surface area contributed by atoms with Crippen molar-refractivity contribution in [2.75, 3.05) is 0 Å². The van der Waals surface area contributed by atoms with Crippen LogP contribution < -0.4 is 0 Å². The molecule has 0 aromatic heterocycles. The zero-order valence-electron chi connectivity index (χ0n) is 9.91. The number of rotatable bonds is 2. The summed E-state index contributed by atoms with van der Waals surface area (Å²) >= 11 is 5.70. The molecule has 0 aliphatic carbocycles. The molecule has 2 rings (SSSR count).